The van der Waals surface area contributed by atoms with E-state index in [1.807, 2.05) is 30.1 Å². The van der Waals surface area contributed by atoms with Crippen molar-refractivity contribution in [3.05, 3.63) is 81.9 Å². The minimum atomic E-state index is -0.662. The minimum absolute atomic E-state index is 0. The molecule has 2 heterocycles. The number of fused-ring (bicyclic) bond motifs is 7. The molecule has 2 aliphatic heterocycles. The predicted octanol–water partition coefficient (Wildman–Crippen LogP) is 3.04. The monoisotopic (exact) mass is 351 g/mol. The molecule has 0 spiro atoms. The van der Waals surface area contributed by atoms with Crippen molar-refractivity contribution in [2.75, 3.05) is 7.05 Å². The third-order valence-electron chi connectivity index (χ3n) is 5.33. The number of rotatable bonds is 0. The number of likely N-dealkylation sites (N-methyl/N-ethyl adjacent to an activating group) is 1. The lowest BCUT2D eigenvalue weighted by molar-refractivity contribution is 0.0826. The Morgan fingerprint density at radius 1 is 0.720 bits per heavy atom. The van der Waals surface area contributed by atoms with Crippen molar-refractivity contribution >= 4 is 29.8 Å². The van der Waals surface area contributed by atoms with Crippen molar-refractivity contribution in [3.63, 3.8) is 0 Å². The van der Waals surface area contributed by atoms with Crippen LogP contribution in [0.25, 0.3) is 0 Å². The van der Waals surface area contributed by atoms with Crippen molar-refractivity contribution in [2.24, 2.45) is 0 Å². The van der Waals surface area contributed by atoms with E-state index in [1.165, 1.54) is 0 Å². The second kappa shape index (κ2) is 5.22. The van der Waals surface area contributed by atoms with Gasteiger partial charge >= 0.3 is 0 Å². The van der Waals surface area contributed by atoms with Crippen LogP contribution in [0, 0.1) is 0 Å². The van der Waals surface area contributed by atoms with E-state index in [0.29, 0.717) is 27.8 Å². The van der Waals surface area contributed by atoms with Gasteiger partial charge in [0, 0.05) is 27.8 Å². The molecule has 2 aromatic rings. The Labute approximate surface area is 150 Å². The van der Waals surface area contributed by atoms with Gasteiger partial charge in [0.15, 0.2) is 17.3 Å². The van der Waals surface area contributed by atoms with Gasteiger partial charge in [-0.15, -0.1) is 12.4 Å². The van der Waals surface area contributed by atoms with Gasteiger partial charge in [0.1, 0.15) is 6.04 Å². The number of halogens is 1. The molecule has 0 radical (unpaired) electrons. The predicted molar refractivity (Wildman–Crippen MR) is 94.4 cm³/mol. The molecule has 0 saturated heterocycles. The van der Waals surface area contributed by atoms with Crippen LogP contribution < -0.4 is 0 Å². The summed E-state index contributed by atoms with van der Waals surface area (Å²) in [7, 11) is 1.81. The number of carbonyl (C=O) groups excluding carboxylic acids is 3. The van der Waals surface area contributed by atoms with Gasteiger partial charge in [-0.25, -0.2) is 0 Å². The van der Waals surface area contributed by atoms with Gasteiger partial charge in [-0.3, -0.25) is 19.3 Å². The van der Waals surface area contributed by atoms with Gasteiger partial charge in [0.05, 0.1) is 6.04 Å². The summed E-state index contributed by atoms with van der Waals surface area (Å²) >= 11 is 0. The summed E-state index contributed by atoms with van der Waals surface area (Å²) in [5.41, 5.74) is 3.11. The van der Waals surface area contributed by atoms with E-state index in [-0.39, 0.29) is 35.8 Å². The first-order valence-corrected chi connectivity index (χ1v) is 7.89. The third kappa shape index (κ3) is 1.78. The zero-order valence-electron chi connectivity index (χ0n) is 13.4. The summed E-state index contributed by atoms with van der Waals surface area (Å²) in [6.07, 6.45) is 0. The molecule has 4 nitrogen and oxygen atoms in total. The molecule has 124 valence electrons. The highest BCUT2D eigenvalue weighted by molar-refractivity contribution is 6.31. The van der Waals surface area contributed by atoms with Gasteiger partial charge in [-0.2, -0.15) is 0 Å². The second-order valence-corrected chi connectivity index (χ2v) is 6.45. The van der Waals surface area contributed by atoms with Crippen LogP contribution in [0.2, 0.25) is 0 Å². The van der Waals surface area contributed by atoms with Crippen LogP contribution in [0.5, 0.6) is 0 Å². The molecule has 3 aliphatic rings. The van der Waals surface area contributed by atoms with Crippen molar-refractivity contribution in [2.45, 2.75) is 12.1 Å². The fourth-order valence-corrected chi connectivity index (χ4v) is 4.31. The Kier molecular flexibility index (Phi) is 3.33. The average Bonchev–Trinajstić information content (AvgIpc) is 2.85. The molecule has 5 heteroatoms. The summed E-state index contributed by atoms with van der Waals surface area (Å²) in [6, 6.07) is 13.2. The van der Waals surface area contributed by atoms with E-state index in [1.54, 1.807) is 30.3 Å². The van der Waals surface area contributed by atoms with Crippen LogP contribution in [0.1, 0.15) is 42.7 Å². The summed E-state index contributed by atoms with van der Waals surface area (Å²) in [5.74, 6) is -0.431. The standard InChI is InChI=1S/C20H13NO3.ClH/c1-21-16-10-6-2-3-7-11(10)20(24)17(21)15-14(16)18(22)12-8-4-5-9-13(12)19(15)23;/h2-9,16-17H,1H3;1H/t16-,17-;/m0./s1. The number of carbonyl (C=O) groups is 3. The first kappa shape index (κ1) is 15.9. The van der Waals surface area contributed by atoms with Gasteiger partial charge in [-0.1, -0.05) is 48.5 Å². The number of benzene rings is 2. The molecule has 2 aromatic carbocycles. The Morgan fingerprint density at radius 2 is 1.20 bits per heavy atom. The van der Waals surface area contributed by atoms with Crippen molar-refractivity contribution in [1.29, 1.82) is 0 Å². The number of Topliss-reactive ketones (excluding diaryl/α,β-unsaturated/α-hetero) is 3. The maximum Gasteiger partial charge on any atom is 0.192 e. The van der Waals surface area contributed by atoms with E-state index in [4.69, 9.17) is 0 Å². The fourth-order valence-electron chi connectivity index (χ4n) is 4.31. The van der Waals surface area contributed by atoms with E-state index >= 15 is 0 Å². The molecule has 2 atom stereocenters. The van der Waals surface area contributed by atoms with E-state index in [9.17, 15) is 14.4 Å². The smallest absolute Gasteiger partial charge is 0.192 e. The Balaban J connectivity index is 0.00000157. The molecule has 0 amide bonds. The Morgan fingerprint density at radius 3 is 1.80 bits per heavy atom. The van der Waals surface area contributed by atoms with Crippen LogP contribution in [0.3, 0.4) is 0 Å². The van der Waals surface area contributed by atoms with Crippen LogP contribution in [-0.2, 0) is 0 Å². The highest BCUT2D eigenvalue weighted by Crippen LogP contribution is 2.50. The zero-order chi connectivity index (χ0) is 16.6. The Bertz CT molecular complexity index is 1010. The second-order valence-electron chi connectivity index (χ2n) is 6.45. The van der Waals surface area contributed by atoms with Gasteiger partial charge in [0.25, 0.3) is 0 Å². The molecule has 1 aliphatic carbocycles. The lowest BCUT2D eigenvalue weighted by atomic mass is 9.81. The quantitative estimate of drug-likeness (QED) is 0.732. The minimum Gasteiger partial charge on any atom is -0.292 e. The number of hydrogen-bond donors (Lipinski definition) is 0. The molecule has 2 bridgehead atoms. The molecular formula is C20H14ClNO3. The van der Waals surface area contributed by atoms with E-state index in [0.717, 1.165) is 5.56 Å². The first-order chi connectivity index (χ1) is 11.6. The fraction of sp³-hybridized carbons (Fsp3) is 0.150. The third-order valence-corrected chi connectivity index (χ3v) is 5.33. The lowest BCUT2D eigenvalue weighted by Gasteiger charge is -2.33. The highest BCUT2D eigenvalue weighted by Gasteiger charge is 2.54. The molecule has 0 N–H and O–H groups in total. The van der Waals surface area contributed by atoms with Crippen LogP contribution in [0.15, 0.2) is 59.7 Å². The molecule has 25 heavy (non-hydrogen) atoms. The number of ketones is 3. The molecule has 5 rings (SSSR count). The van der Waals surface area contributed by atoms with Crippen LogP contribution in [-0.4, -0.2) is 35.3 Å². The number of hydrogen-bond acceptors (Lipinski definition) is 4. The van der Waals surface area contributed by atoms with Gasteiger partial charge < -0.3 is 0 Å². The summed E-state index contributed by atoms with van der Waals surface area (Å²) < 4.78 is 0. The lowest BCUT2D eigenvalue weighted by Crippen LogP contribution is -2.42. The summed E-state index contributed by atoms with van der Waals surface area (Å²) in [5, 5.41) is 0. The molecular weight excluding hydrogens is 338 g/mol. The summed E-state index contributed by atoms with van der Waals surface area (Å²) in [4.78, 5) is 41.0. The molecule has 0 unspecified atom stereocenters. The number of nitrogens with zero attached hydrogens (tertiary/aromatic N) is 1. The topological polar surface area (TPSA) is 54.5 Å². The highest BCUT2D eigenvalue weighted by atomic mass is 35.5. The largest absolute Gasteiger partial charge is 0.292 e. The van der Waals surface area contributed by atoms with Crippen molar-refractivity contribution in [3.8, 4) is 0 Å². The summed E-state index contributed by atoms with van der Waals surface area (Å²) in [6.45, 7) is 0. The molecule has 0 saturated carbocycles. The van der Waals surface area contributed by atoms with Gasteiger partial charge in [-0.05, 0) is 12.6 Å². The van der Waals surface area contributed by atoms with E-state index in [2.05, 4.69) is 0 Å². The van der Waals surface area contributed by atoms with Crippen LogP contribution >= 0.6 is 12.4 Å². The van der Waals surface area contributed by atoms with Crippen LogP contribution in [0.4, 0.5) is 0 Å². The molecule has 0 fully saturated rings. The average molecular weight is 352 g/mol. The van der Waals surface area contributed by atoms with E-state index < -0.39 is 6.04 Å². The molecule has 0 aromatic heterocycles. The maximum atomic E-state index is 13.1. The van der Waals surface area contributed by atoms with Gasteiger partial charge in [0.2, 0.25) is 0 Å². The first-order valence-electron chi connectivity index (χ1n) is 7.89. The Hall–Kier alpha value is -2.56. The maximum absolute atomic E-state index is 13.1. The normalized spacial score (nSPS) is 23.8. The zero-order valence-corrected chi connectivity index (χ0v) is 14.2. The van der Waals surface area contributed by atoms with Crippen molar-refractivity contribution in [1.82, 2.24) is 4.90 Å². The van der Waals surface area contributed by atoms with Crippen molar-refractivity contribution < 1.29 is 14.4 Å². The SMILES string of the molecule is CN1[C@@H]2C(=O)c3ccccc3[C@H]1C1=C2C(=O)c2ccccc2C1=O.Cl.